The van der Waals surface area contributed by atoms with E-state index in [9.17, 15) is 10.1 Å². The number of nitrogens with one attached hydrogen (secondary N) is 1. The molecule has 0 spiro atoms. The summed E-state index contributed by atoms with van der Waals surface area (Å²) in [7, 11) is 0. The molecule has 0 atom stereocenters. The monoisotopic (exact) mass is 500 g/mol. The Morgan fingerprint density at radius 2 is 1.76 bits per heavy atom. The maximum atomic E-state index is 10.9. The first kappa shape index (κ1) is 24.0. The summed E-state index contributed by atoms with van der Waals surface area (Å²) in [6, 6.07) is 19.7. The van der Waals surface area contributed by atoms with Crippen LogP contribution in [0.4, 0.5) is 23.5 Å². The third kappa shape index (κ3) is 6.30. The number of azo groups is 1. The number of furan rings is 1. The molecule has 1 aliphatic heterocycles. The molecule has 2 aromatic heterocycles. The van der Waals surface area contributed by atoms with Crippen molar-refractivity contribution in [3.8, 4) is 11.3 Å². The molecule has 12 heteroatoms. The quantitative estimate of drug-likeness (QED) is 0.195. The average molecular weight is 501 g/mol. The van der Waals surface area contributed by atoms with E-state index in [0.29, 0.717) is 56.3 Å². The number of benzene rings is 2. The van der Waals surface area contributed by atoms with E-state index in [2.05, 4.69) is 30.5 Å². The number of hydrogen-bond donors (Lipinski definition) is 1. The highest BCUT2D eigenvalue weighted by Gasteiger charge is 2.17. The van der Waals surface area contributed by atoms with Crippen molar-refractivity contribution >= 4 is 23.5 Å². The second-order valence-electron chi connectivity index (χ2n) is 8.17. The first-order valence-electron chi connectivity index (χ1n) is 11.7. The second kappa shape index (κ2) is 11.4. The molecule has 5 rings (SSSR count). The number of nitrogens with zero attached hydrogens (tertiary/aromatic N) is 7. The van der Waals surface area contributed by atoms with E-state index in [1.807, 2.05) is 35.2 Å². The van der Waals surface area contributed by atoms with E-state index in [1.54, 1.807) is 24.3 Å². The van der Waals surface area contributed by atoms with E-state index in [1.165, 1.54) is 12.1 Å². The van der Waals surface area contributed by atoms with Gasteiger partial charge in [-0.05, 0) is 29.8 Å². The largest absolute Gasteiger partial charge is 0.459 e. The van der Waals surface area contributed by atoms with Gasteiger partial charge in [-0.2, -0.15) is 20.1 Å². The van der Waals surface area contributed by atoms with Gasteiger partial charge in [0.15, 0.2) is 0 Å². The normalized spacial score (nSPS) is 13.7. The van der Waals surface area contributed by atoms with Gasteiger partial charge in [0.1, 0.15) is 18.1 Å². The van der Waals surface area contributed by atoms with E-state index < -0.39 is 4.92 Å². The number of aromatic nitrogens is 3. The number of hydrogen-bond acceptors (Lipinski definition) is 11. The van der Waals surface area contributed by atoms with Gasteiger partial charge in [-0.3, -0.25) is 10.1 Å². The summed E-state index contributed by atoms with van der Waals surface area (Å²) >= 11 is 0. The van der Waals surface area contributed by atoms with Gasteiger partial charge in [-0.15, -0.1) is 5.11 Å². The summed E-state index contributed by atoms with van der Waals surface area (Å²) in [4.78, 5) is 25.9. The Bertz CT molecular complexity index is 1370. The van der Waals surface area contributed by atoms with Crippen molar-refractivity contribution in [2.24, 2.45) is 10.2 Å². The maximum absolute atomic E-state index is 10.9. The number of anilines is 2. The van der Waals surface area contributed by atoms with Gasteiger partial charge in [-0.1, -0.05) is 30.3 Å². The Kier molecular flexibility index (Phi) is 7.36. The first-order chi connectivity index (χ1) is 18.1. The number of rotatable bonds is 9. The minimum absolute atomic E-state index is 0.0238. The Morgan fingerprint density at radius 1 is 0.973 bits per heavy atom. The highest BCUT2D eigenvalue weighted by atomic mass is 16.6. The topological polar surface area (TPSA) is 144 Å². The highest BCUT2D eigenvalue weighted by Crippen LogP contribution is 2.25. The molecule has 1 saturated heterocycles. The molecule has 12 nitrogen and oxygen atoms in total. The van der Waals surface area contributed by atoms with Gasteiger partial charge in [-0.25, -0.2) is 0 Å². The smallest absolute Gasteiger partial charge is 0.275 e. The summed E-state index contributed by atoms with van der Waals surface area (Å²) in [5.41, 5.74) is 1.85. The van der Waals surface area contributed by atoms with Crippen molar-refractivity contribution in [2.45, 2.75) is 13.1 Å². The molecule has 1 N–H and O–H groups in total. The van der Waals surface area contributed by atoms with E-state index in [-0.39, 0.29) is 18.2 Å². The van der Waals surface area contributed by atoms with Gasteiger partial charge in [0, 0.05) is 37.3 Å². The zero-order valence-electron chi connectivity index (χ0n) is 19.9. The molecule has 1 fully saturated rings. The molecule has 0 radical (unpaired) electrons. The first-order valence-corrected chi connectivity index (χ1v) is 11.7. The van der Waals surface area contributed by atoms with Gasteiger partial charge in [0.05, 0.1) is 18.1 Å². The van der Waals surface area contributed by atoms with Crippen LogP contribution in [-0.4, -0.2) is 46.2 Å². The van der Waals surface area contributed by atoms with Crippen molar-refractivity contribution < 1.29 is 14.1 Å². The van der Waals surface area contributed by atoms with Gasteiger partial charge >= 0.3 is 0 Å². The molecule has 0 aliphatic carbocycles. The average Bonchev–Trinajstić information content (AvgIpc) is 3.42. The van der Waals surface area contributed by atoms with Crippen LogP contribution in [-0.2, 0) is 17.8 Å². The standard InChI is InChI=1S/C25H24N8O4/c34-33(35)20-8-6-19(7-9-20)22-11-10-21(37-22)17-27-31-24-28-23(26-16-18-4-2-1-3-5-18)29-25(30-24)32-12-14-36-15-13-32/h1-11H,12-17H2,(H,26,28,29,30). The fraction of sp³-hybridized carbons (Fsp3) is 0.240. The Hall–Kier alpha value is -4.71. The zero-order valence-corrected chi connectivity index (χ0v) is 19.9. The SMILES string of the molecule is O=[N+]([O-])c1ccc(-c2ccc(CN=Nc3nc(NCc4ccccc4)nc(N4CCOCC4)n3)o2)cc1. The van der Waals surface area contributed by atoms with Crippen LogP contribution in [0.25, 0.3) is 11.3 Å². The van der Waals surface area contributed by atoms with Crippen LogP contribution in [0.15, 0.2) is 81.4 Å². The maximum Gasteiger partial charge on any atom is 0.275 e. The highest BCUT2D eigenvalue weighted by molar-refractivity contribution is 5.59. The predicted molar refractivity (Wildman–Crippen MR) is 136 cm³/mol. The molecule has 1 aliphatic rings. The van der Waals surface area contributed by atoms with Gasteiger partial charge in [0.25, 0.3) is 11.6 Å². The zero-order chi connectivity index (χ0) is 25.5. The van der Waals surface area contributed by atoms with E-state index >= 15 is 0 Å². The van der Waals surface area contributed by atoms with Crippen LogP contribution in [0, 0.1) is 10.1 Å². The molecule has 2 aromatic carbocycles. The Labute approximate surface area is 212 Å². The molecule has 0 saturated carbocycles. The lowest BCUT2D eigenvalue weighted by molar-refractivity contribution is -0.384. The van der Waals surface area contributed by atoms with Gasteiger partial charge in [0.2, 0.25) is 11.9 Å². The third-order valence-corrected chi connectivity index (χ3v) is 5.61. The van der Waals surface area contributed by atoms with Crippen LogP contribution >= 0.6 is 0 Å². The van der Waals surface area contributed by atoms with Crippen molar-refractivity contribution in [1.29, 1.82) is 0 Å². The summed E-state index contributed by atoms with van der Waals surface area (Å²) in [6.07, 6.45) is 0. The molecule has 3 heterocycles. The molecule has 4 aromatic rings. The van der Waals surface area contributed by atoms with Gasteiger partial charge < -0.3 is 19.4 Å². The van der Waals surface area contributed by atoms with Crippen LogP contribution in [0.3, 0.4) is 0 Å². The number of non-ortho nitro benzene ring substituents is 1. The Morgan fingerprint density at radius 3 is 2.51 bits per heavy atom. The number of morpholine rings is 1. The number of nitro benzene ring substituents is 1. The minimum Gasteiger partial charge on any atom is -0.459 e. The van der Waals surface area contributed by atoms with Crippen molar-refractivity contribution in [3.05, 3.63) is 88.2 Å². The lowest BCUT2D eigenvalue weighted by atomic mass is 10.1. The lowest BCUT2D eigenvalue weighted by Crippen LogP contribution is -2.37. The van der Waals surface area contributed by atoms with Crippen LogP contribution < -0.4 is 10.2 Å². The molecule has 37 heavy (non-hydrogen) atoms. The predicted octanol–water partition coefficient (Wildman–Crippen LogP) is 4.77. The lowest BCUT2D eigenvalue weighted by Gasteiger charge is -2.26. The van der Waals surface area contributed by atoms with Crippen molar-refractivity contribution in [2.75, 3.05) is 36.5 Å². The fourth-order valence-electron chi connectivity index (χ4n) is 3.69. The van der Waals surface area contributed by atoms with Crippen LogP contribution in [0.2, 0.25) is 0 Å². The summed E-state index contributed by atoms with van der Waals surface area (Å²) < 4.78 is 11.3. The molecule has 188 valence electrons. The molecule has 0 bridgehead atoms. The number of nitro groups is 1. The molecular weight excluding hydrogens is 476 g/mol. The summed E-state index contributed by atoms with van der Waals surface area (Å²) in [5.74, 6) is 2.28. The molecule has 0 unspecified atom stereocenters. The minimum atomic E-state index is -0.439. The number of ether oxygens (including phenoxy) is 1. The van der Waals surface area contributed by atoms with Crippen LogP contribution in [0.1, 0.15) is 11.3 Å². The van der Waals surface area contributed by atoms with Crippen molar-refractivity contribution in [1.82, 2.24) is 15.0 Å². The van der Waals surface area contributed by atoms with E-state index in [4.69, 9.17) is 9.15 Å². The van der Waals surface area contributed by atoms with E-state index in [0.717, 1.165) is 11.1 Å². The second-order valence-corrected chi connectivity index (χ2v) is 8.17. The molecular formula is C25H24N8O4. The fourth-order valence-corrected chi connectivity index (χ4v) is 3.69. The summed E-state index contributed by atoms with van der Waals surface area (Å²) in [5, 5.41) is 22.5. The molecule has 0 amide bonds. The van der Waals surface area contributed by atoms with Crippen molar-refractivity contribution in [3.63, 3.8) is 0 Å². The third-order valence-electron chi connectivity index (χ3n) is 5.61. The Balaban J connectivity index is 1.29. The van der Waals surface area contributed by atoms with Crippen LogP contribution in [0.5, 0.6) is 0 Å². The summed E-state index contributed by atoms with van der Waals surface area (Å²) in [6.45, 7) is 3.29.